The van der Waals surface area contributed by atoms with Crippen molar-refractivity contribution >= 4 is 31.5 Å². The lowest BCUT2D eigenvalue weighted by Crippen LogP contribution is -1.63. The van der Waals surface area contributed by atoms with Gasteiger partial charge in [-0.25, -0.2) is 0 Å². The molecule has 54 valence electrons. The number of hydrogen-bond acceptors (Lipinski definition) is 1. The minimum absolute atomic E-state index is 0.289. The molecule has 6 heteroatoms. The van der Waals surface area contributed by atoms with Gasteiger partial charge in [0.2, 0.25) is 0 Å². The van der Waals surface area contributed by atoms with Gasteiger partial charge >= 0.3 is 8.25 Å². The summed E-state index contributed by atoms with van der Waals surface area (Å²) in [7, 11) is -2.87. The van der Waals surface area contributed by atoms with Crippen LogP contribution in [-0.2, 0) is 4.57 Å². The summed E-state index contributed by atoms with van der Waals surface area (Å²) in [5.41, 5.74) is 0. The molecule has 1 aliphatic rings. The first-order valence-electron chi connectivity index (χ1n) is 2.17. The molecule has 0 heterocycles. The van der Waals surface area contributed by atoms with Gasteiger partial charge < -0.3 is 0 Å². The standard InChI is InChI=1S/C3H4Cl2.HO3P/c4-2-1-3(2)5;1-4(2)3/h2-3H,1H2;(H-,1,2,3)/p+1. The summed E-state index contributed by atoms with van der Waals surface area (Å²) >= 11 is 10.8. The first kappa shape index (κ1) is 9.60. The molecular formula is C3H6Cl2O3P+. The summed E-state index contributed by atoms with van der Waals surface area (Å²) in [6.45, 7) is 0. The summed E-state index contributed by atoms with van der Waals surface area (Å²) in [5.74, 6) is 0. The maximum atomic E-state index is 8.70. The molecule has 0 aromatic heterocycles. The molecule has 0 bridgehead atoms. The summed E-state index contributed by atoms with van der Waals surface area (Å²) in [5, 5.41) is 0.577. The molecule has 1 aliphatic carbocycles. The molecule has 2 atom stereocenters. The molecule has 2 N–H and O–H groups in total. The van der Waals surface area contributed by atoms with E-state index >= 15 is 0 Å². The fraction of sp³-hybridized carbons (Fsp3) is 1.00. The third-order valence-electron chi connectivity index (χ3n) is 0.640. The molecule has 0 amide bonds. The van der Waals surface area contributed by atoms with Crippen LogP contribution in [0, 0.1) is 0 Å². The Labute approximate surface area is 63.5 Å². The quantitative estimate of drug-likeness (QED) is 0.448. The van der Waals surface area contributed by atoms with Crippen LogP contribution in [0.3, 0.4) is 0 Å². The van der Waals surface area contributed by atoms with Crippen molar-refractivity contribution in [3.05, 3.63) is 0 Å². The lowest BCUT2D eigenvalue weighted by atomic mass is 11.0. The average molecular weight is 192 g/mol. The van der Waals surface area contributed by atoms with Crippen molar-refractivity contribution in [1.82, 2.24) is 0 Å². The minimum Gasteiger partial charge on any atom is -0.134 e. The Morgan fingerprint density at radius 2 is 1.44 bits per heavy atom. The average Bonchev–Trinajstić information content (AvgIpc) is 2.16. The molecule has 0 aliphatic heterocycles. The van der Waals surface area contributed by atoms with Crippen LogP contribution in [-0.4, -0.2) is 20.5 Å². The Bertz CT molecular complexity index is 99.2. The molecule has 0 aromatic carbocycles. The Morgan fingerprint density at radius 3 is 1.44 bits per heavy atom. The van der Waals surface area contributed by atoms with Crippen molar-refractivity contribution < 1.29 is 14.4 Å². The van der Waals surface area contributed by atoms with E-state index in [-0.39, 0.29) is 10.8 Å². The summed E-state index contributed by atoms with van der Waals surface area (Å²) < 4.78 is 8.70. The van der Waals surface area contributed by atoms with Crippen molar-refractivity contribution in [1.29, 1.82) is 0 Å². The molecule has 3 nitrogen and oxygen atoms in total. The van der Waals surface area contributed by atoms with E-state index in [0.29, 0.717) is 0 Å². The van der Waals surface area contributed by atoms with E-state index in [4.69, 9.17) is 37.6 Å². The second kappa shape index (κ2) is 4.42. The molecule has 0 radical (unpaired) electrons. The van der Waals surface area contributed by atoms with Crippen LogP contribution < -0.4 is 0 Å². The highest BCUT2D eigenvalue weighted by atomic mass is 35.5. The van der Waals surface area contributed by atoms with E-state index in [9.17, 15) is 0 Å². The first-order valence-corrected chi connectivity index (χ1v) is 4.21. The maximum absolute atomic E-state index is 8.70. The highest BCUT2D eigenvalue weighted by Gasteiger charge is 2.32. The van der Waals surface area contributed by atoms with Crippen molar-refractivity contribution in [2.75, 3.05) is 0 Å². The summed E-state index contributed by atoms with van der Waals surface area (Å²) in [4.78, 5) is 14.2. The molecule has 1 rings (SSSR count). The van der Waals surface area contributed by atoms with Gasteiger partial charge in [-0.05, 0) is 6.42 Å². The fourth-order valence-corrected chi connectivity index (χ4v) is 0.612. The highest BCUT2D eigenvalue weighted by Crippen LogP contribution is 2.33. The molecule has 2 unspecified atom stereocenters. The Hall–Kier alpha value is 0.600. The van der Waals surface area contributed by atoms with Crippen LogP contribution in [0.5, 0.6) is 0 Å². The smallest absolute Gasteiger partial charge is 0.134 e. The molecule has 1 fully saturated rings. The zero-order valence-electron chi connectivity index (χ0n) is 4.37. The van der Waals surface area contributed by atoms with Gasteiger partial charge in [-0.15, -0.1) is 33.0 Å². The Kier molecular flexibility index (Phi) is 4.72. The molecule has 1 saturated carbocycles. The van der Waals surface area contributed by atoms with Crippen molar-refractivity contribution in [2.45, 2.75) is 17.2 Å². The highest BCUT2D eigenvalue weighted by molar-refractivity contribution is 7.30. The lowest BCUT2D eigenvalue weighted by Gasteiger charge is -1.62. The second-order valence-corrected chi connectivity index (χ2v) is 3.15. The van der Waals surface area contributed by atoms with Gasteiger partial charge in [0.15, 0.2) is 0 Å². The van der Waals surface area contributed by atoms with Crippen LogP contribution in [0.4, 0.5) is 0 Å². The van der Waals surface area contributed by atoms with Crippen LogP contribution in [0.25, 0.3) is 0 Å². The topological polar surface area (TPSA) is 57.5 Å². The molecule has 0 saturated heterocycles. The molecule has 0 aromatic rings. The number of rotatable bonds is 0. The SMILES string of the molecule is ClC1CC1Cl.O=[P+](O)O. The van der Waals surface area contributed by atoms with E-state index in [2.05, 4.69) is 0 Å². The van der Waals surface area contributed by atoms with Gasteiger partial charge in [-0.3, -0.25) is 0 Å². The second-order valence-electron chi connectivity index (χ2n) is 1.52. The molecule has 0 spiro atoms. The van der Waals surface area contributed by atoms with Gasteiger partial charge in [0.25, 0.3) is 0 Å². The Morgan fingerprint density at radius 1 is 1.33 bits per heavy atom. The minimum atomic E-state index is -2.87. The van der Waals surface area contributed by atoms with Crippen LogP contribution in [0.1, 0.15) is 6.42 Å². The number of alkyl halides is 2. The Balaban J connectivity index is 0.000000148. The van der Waals surface area contributed by atoms with Crippen molar-refractivity contribution in [2.24, 2.45) is 0 Å². The van der Waals surface area contributed by atoms with E-state index < -0.39 is 8.25 Å². The van der Waals surface area contributed by atoms with Gasteiger partial charge in [-0.1, -0.05) is 0 Å². The zero-order valence-corrected chi connectivity index (χ0v) is 6.77. The van der Waals surface area contributed by atoms with E-state index in [0.717, 1.165) is 6.42 Å². The lowest BCUT2D eigenvalue weighted by molar-refractivity contribution is 0.405. The summed E-state index contributed by atoms with van der Waals surface area (Å²) in [6, 6.07) is 0. The van der Waals surface area contributed by atoms with Crippen molar-refractivity contribution in [3.8, 4) is 0 Å². The number of halogens is 2. The van der Waals surface area contributed by atoms with Crippen molar-refractivity contribution in [3.63, 3.8) is 0 Å². The fourth-order valence-electron chi connectivity index (χ4n) is 0.137. The van der Waals surface area contributed by atoms with Crippen LogP contribution in [0.15, 0.2) is 0 Å². The summed E-state index contributed by atoms with van der Waals surface area (Å²) in [6.07, 6.45) is 1.00. The monoisotopic (exact) mass is 191 g/mol. The van der Waals surface area contributed by atoms with E-state index in [1.165, 1.54) is 0 Å². The van der Waals surface area contributed by atoms with Gasteiger partial charge in [0.05, 0.1) is 10.8 Å². The predicted molar refractivity (Wildman–Crippen MR) is 35.9 cm³/mol. The molecular weight excluding hydrogens is 186 g/mol. The number of hydrogen-bond donors (Lipinski definition) is 2. The van der Waals surface area contributed by atoms with Gasteiger partial charge in [0, 0.05) is 4.57 Å². The predicted octanol–water partition coefficient (Wildman–Crippen LogP) is 1.23. The third-order valence-corrected chi connectivity index (χ3v) is 1.73. The van der Waals surface area contributed by atoms with Gasteiger partial charge in [0.1, 0.15) is 0 Å². The van der Waals surface area contributed by atoms with E-state index in [1.807, 2.05) is 0 Å². The van der Waals surface area contributed by atoms with Crippen LogP contribution >= 0.6 is 31.5 Å². The first-order chi connectivity index (χ1) is 4.04. The normalized spacial score (nSPS) is 30.2. The maximum Gasteiger partial charge on any atom is 0.692 e. The molecule has 9 heavy (non-hydrogen) atoms. The largest absolute Gasteiger partial charge is 0.692 e. The van der Waals surface area contributed by atoms with E-state index in [1.54, 1.807) is 0 Å². The van der Waals surface area contributed by atoms with Crippen LogP contribution in [0.2, 0.25) is 0 Å². The third kappa shape index (κ3) is 8.60. The zero-order chi connectivity index (χ0) is 7.44. The van der Waals surface area contributed by atoms with Gasteiger partial charge in [-0.2, -0.15) is 0 Å².